The first kappa shape index (κ1) is 16.0. The number of azide groups is 1. The fraction of sp³-hybridized carbons (Fsp3) is 0.750. The van der Waals surface area contributed by atoms with E-state index in [2.05, 4.69) is 20.3 Å². The van der Waals surface area contributed by atoms with E-state index in [-0.39, 0.29) is 6.42 Å². The smallest absolute Gasteiger partial charge is 0.303 e. The van der Waals surface area contributed by atoms with E-state index in [0.717, 1.165) is 51.5 Å². The summed E-state index contributed by atoms with van der Waals surface area (Å²) in [5.74, 6) is -0.413. The van der Waals surface area contributed by atoms with E-state index in [9.17, 15) is 4.79 Å². The predicted molar refractivity (Wildman–Crippen MR) is 73.4 cm³/mol. The van der Waals surface area contributed by atoms with Crippen LogP contribution >= 0.6 is 0 Å². The summed E-state index contributed by atoms with van der Waals surface area (Å²) in [6.45, 7) is 0.771. The van der Waals surface area contributed by atoms with Crippen LogP contribution in [-0.4, -0.2) is 26.1 Å². The van der Waals surface area contributed by atoms with Crippen LogP contribution < -0.4 is 0 Å². The summed E-state index contributed by atoms with van der Waals surface area (Å²) >= 11 is 0. The lowest BCUT2D eigenvalue weighted by molar-refractivity contribution is -0.137. The molecule has 110 valence electrons. The average molecular weight is 280 g/mol. The lowest BCUT2D eigenvalue weighted by Crippen LogP contribution is -1.98. The summed E-state index contributed by atoms with van der Waals surface area (Å²) in [5.41, 5.74) is 8.24. The van der Waals surface area contributed by atoms with Gasteiger partial charge < -0.3 is 5.11 Å². The van der Waals surface area contributed by atoms with Crippen molar-refractivity contribution in [3.8, 4) is 0 Å². The van der Waals surface area contributed by atoms with Gasteiger partial charge in [0, 0.05) is 17.9 Å². The average Bonchev–Trinajstić information content (AvgIpc) is 2.84. The van der Waals surface area contributed by atoms with Gasteiger partial charge in [0.05, 0.1) is 6.20 Å². The Morgan fingerprint density at radius 3 is 2.55 bits per heavy atom. The van der Waals surface area contributed by atoms with Gasteiger partial charge in [-0.2, -0.15) is 0 Å². The minimum absolute atomic E-state index is 0.278. The Morgan fingerprint density at radius 1 is 1.25 bits per heavy atom. The lowest BCUT2D eigenvalue weighted by atomic mass is 10.1. The maximum Gasteiger partial charge on any atom is 0.303 e. The van der Waals surface area contributed by atoms with Gasteiger partial charge in [0.2, 0.25) is 0 Å². The number of nitrogens with zero attached hydrogens (tertiary/aromatic N) is 6. The molecule has 0 bridgehead atoms. The predicted octanol–water partition coefficient (Wildman–Crippen LogP) is 3.43. The van der Waals surface area contributed by atoms with E-state index in [1.165, 1.54) is 0 Å². The third kappa shape index (κ3) is 7.38. The molecule has 0 aliphatic rings. The first-order valence-electron chi connectivity index (χ1n) is 6.89. The van der Waals surface area contributed by atoms with Gasteiger partial charge in [0.1, 0.15) is 0 Å². The molecule has 20 heavy (non-hydrogen) atoms. The van der Waals surface area contributed by atoms with Gasteiger partial charge in [-0.3, -0.25) is 9.48 Å². The van der Waals surface area contributed by atoms with E-state index in [1.807, 2.05) is 0 Å². The Balaban J connectivity index is 1.96. The number of hydrogen-bond acceptors (Lipinski definition) is 4. The number of rotatable bonds is 11. The molecule has 0 amide bonds. The van der Waals surface area contributed by atoms with E-state index in [4.69, 9.17) is 10.6 Å². The molecule has 0 saturated carbocycles. The van der Waals surface area contributed by atoms with Crippen molar-refractivity contribution in [1.82, 2.24) is 15.0 Å². The van der Waals surface area contributed by atoms with Crippen LogP contribution in [0.1, 0.15) is 51.4 Å². The van der Waals surface area contributed by atoms with Crippen molar-refractivity contribution >= 4 is 11.8 Å². The van der Waals surface area contributed by atoms with Crippen molar-refractivity contribution in [3.63, 3.8) is 0 Å². The van der Waals surface area contributed by atoms with Crippen LogP contribution in [0.4, 0.5) is 5.82 Å². The van der Waals surface area contributed by atoms with Crippen molar-refractivity contribution in [2.24, 2.45) is 5.11 Å². The van der Waals surface area contributed by atoms with Gasteiger partial charge >= 0.3 is 5.97 Å². The zero-order valence-electron chi connectivity index (χ0n) is 11.5. The Labute approximate surface area is 117 Å². The number of aliphatic carboxylic acids is 1. The molecule has 0 aliphatic heterocycles. The topological polar surface area (TPSA) is 117 Å². The second-order valence-electron chi connectivity index (χ2n) is 4.65. The number of aromatic nitrogens is 3. The zero-order chi connectivity index (χ0) is 14.6. The Kier molecular flexibility index (Phi) is 7.83. The summed E-state index contributed by atoms with van der Waals surface area (Å²) in [6.07, 6.45) is 9.17. The molecule has 1 aromatic rings. The Bertz CT molecular complexity index is 453. The highest BCUT2D eigenvalue weighted by Gasteiger charge is 1.99. The van der Waals surface area contributed by atoms with Crippen LogP contribution in [0.25, 0.3) is 10.4 Å². The molecule has 0 aliphatic carbocycles. The van der Waals surface area contributed by atoms with Gasteiger partial charge in [-0.25, -0.2) is 0 Å². The third-order valence-electron chi connectivity index (χ3n) is 2.95. The number of unbranched alkanes of at least 4 members (excludes halogenated alkanes) is 6. The minimum atomic E-state index is -0.710. The molecular formula is C12H20N6O2. The second-order valence-corrected chi connectivity index (χ2v) is 4.65. The number of carbonyl (C=O) groups is 1. The van der Waals surface area contributed by atoms with Crippen molar-refractivity contribution < 1.29 is 9.90 Å². The molecule has 0 fully saturated rings. The van der Waals surface area contributed by atoms with Crippen molar-refractivity contribution in [2.45, 2.75) is 57.9 Å². The van der Waals surface area contributed by atoms with Crippen LogP contribution in [-0.2, 0) is 11.3 Å². The standard InChI is InChI=1S/C12H20N6O2/c13-16-14-11-10-18(17-15-11)9-7-5-3-1-2-4-6-8-12(19)20/h10H,1-9H2,(H,19,20). The summed E-state index contributed by atoms with van der Waals surface area (Å²) in [4.78, 5) is 13.0. The van der Waals surface area contributed by atoms with Crippen molar-refractivity contribution in [3.05, 3.63) is 16.6 Å². The highest BCUT2D eigenvalue weighted by Crippen LogP contribution is 2.10. The van der Waals surface area contributed by atoms with Gasteiger partial charge in [-0.05, 0) is 23.5 Å². The molecule has 0 saturated heterocycles. The van der Waals surface area contributed by atoms with Crippen molar-refractivity contribution in [1.29, 1.82) is 0 Å². The summed E-state index contributed by atoms with van der Waals surface area (Å²) < 4.78 is 1.68. The monoisotopic (exact) mass is 280 g/mol. The molecule has 0 aromatic carbocycles. The molecular weight excluding hydrogens is 260 g/mol. The fourth-order valence-electron chi connectivity index (χ4n) is 1.92. The van der Waals surface area contributed by atoms with Gasteiger partial charge in [-0.15, -0.1) is 5.10 Å². The lowest BCUT2D eigenvalue weighted by Gasteiger charge is -2.01. The summed E-state index contributed by atoms with van der Waals surface area (Å²) in [5, 5.41) is 19.4. The number of carboxylic acid groups (broad SMARTS) is 1. The molecule has 0 unspecified atom stereocenters. The maximum atomic E-state index is 10.3. The molecule has 1 rings (SSSR count). The second kappa shape index (κ2) is 9.80. The Morgan fingerprint density at radius 2 is 1.90 bits per heavy atom. The molecule has 8 heteroatoms. The van der Waals surface area contributed by atoms with E-state index < -0.39 is 5.97 Å². The number of aryl methyl sites for hydroxylation is 1. The van der Waals surface area contributed by atoms with Crippen LogP contribution in [0, 0.1) is 0 Å². The first-order chi connectivity index (χ1) is 9.72. The quantitative estimate of drug-likeness (QED) is 0.289. The molecule has 1 aromatic heterocycles. The largest absolute Gasteiger partial charge is 0.481 e. The van der Waals surface area contributed by atoms with Gasteiger partial charge in [0.25, 0.3) is 0 Å². The third-order valence-corrected chi connectivity index (χ3v) is 2.95. The van der Waals surface area contributed by atoms with E-state index in [0.29, 0.717) is 5.82 Å². The molecule has 1 N–H and O–H groups in total. The molecule has 8 nitrogen and oxygen atoms in total. The molecule has 0 spiro atoms. The maximum absolute atomic E-state index is 10.3. The number of carboxylic acids is 1. The molecule has 0 radical (unpaired) electrons. The SMILES string of the molecule is [N-]=[N+]=Nc1cn(CCCCCCCCCC(=O)O)nn1. The van der Waals surface area contributed by atoms with Crippen LogP contribution in [0.2, 0.25) is 0 Å². The van der Waals surface area contributed by atoms with Crippen LogP contribution in [0.15, 0.2) is 11.3 Å². The molecule has 0 atom stereocenters. The molecule has 1 heterocycles. The van der Waals surface area contributed by atoms with E-state index >= 15 is 0 Å². The fourth-order valence-corrected chi connectivity index (χ4v) is 1.92. The Hall–Kier alpha value is -2.08. The normalized spacial score (nSPS) is 10.2. The highest BCUT2D eigenvalue weighted by molar-refractivity contribution is 5.66. The number of hydrogen-bond donors (Lipinski definition) is 1. The van der Waals surface area contributed by atoms with Gasteiger partial charge in [-0.1, -0.05) is 37.3 Å². The summed E-state index contributed by atoms with van der Waals surface area (Å²) in [6, 6.07) is 0. The van der Waals surface area contributed by atoms with Gasteiger partial charge in [0.15, 0.2) is 5.82 Å². The zero-order valence-corrected chi connectivity index (χ0v) is 11.5. The first-order valence-corrected chi connectivity index (χ1v) is 6.89. The van der Waals surface area contributed by atoms with Crippen LogP contribution in [0.3, 0.4) is 0 Å². The summed E-state index contributed by atoms with van der Waals surface area (Å²) in [7, 11) is 0. The van der Waals surface area contributed by atoms with Crippen LogP contribution in [0.5, 0.6) is 0 Å². The highest BCUT2D eigenvalue weighted by atomic mass is 16.4. The van der Waals surface area contributed by atoms with E-state index in [1.54, 1.807) is 10.9 Å². The van der Waals surface area contributed by atoms with Crippen molar-refractivity contribution in [2.75, 3.05) is 0 Å². The minimum Gasteiger partial charge on any atom is -0.481 e.